The normalized spacial score (nSPS) is 12.3. The highest BCUT2D eigenvalue weighted by Crippen LogP contribution is 2.19. The van der Waals surface area contributed by atoms with Gasteiger partial charge in [-0.15, -0.1) is 0 Å². The van der Waals surface area contributed by atoms with Crippen LogP contribution in [0.25, 0.3) is 0 Å². The number of amides is 1. The van der Waals surface area contributed by atoms with Crippen LogP contribution < -0.4 is 5.32 Å². The highest BCUT2D eigenvalue weighted by molar-refractivity contribution is 5.95. The van der Waals surface area contributed by atoms with Crippen molar-refractivity contribution in [2.24, 2.45) is 0 Å². The number of nitrogens with one attached hydrogen (secondary N) is 1. The second-order valence-corrected chi connectivity index (χ2v) is 6.06. The molecule has 0 saturated carbocycles. The fraction of sp³-hybridized carbons (Fsp3) is 0.316. The van der Waals surface area contributed by atoms with E-state index in [-0.39, 0.29) is 17.8 Å². The Balaban J connectivity index is 2.11. The van der Waals surface area contributed by atoms with Crippen LogP contribution in [0.3, 0.4) is 0 Å². The number of rotatable bonds is 5. The van der Waals surface area contributed by atoms with E-state index in [1.807, 2.05) is 57.1 Å². The molecule has 1 unspecified atom stereocenters. The average molecular weight is 314 g/mol. The molecule has 0 aliphatic heterocycles. The van der Waals surface area contributed by atoms with Crippen molar-refractivity contribution in [2.45, 2.75) is 19.9 Å². The van der Waals surface area contributed by atoms with Gasteiger partial charge >= 0.3 is 0 Å². The van der Waals surface area contributed by atoms with E-state index in [0.29, 0.717) is 12.1 Å². The average Bonchev–Trinajstić information content (AvgIpc) is 2.47. The predicted octanol–water partition coefficient (Wildman–Crippen LogP) is 3.48. The lowest BCUT2D eigenvalue weighted by atomic mass is 10.0. The van der Waals surface area contributed by atoms with Gasteiger partial charge in [0, 0.05) is 12.1 Å². The van der Waals surface area contributed by atoms with Crippen LogP contribution in [0.4, 0.5) is 4.39 Å². The van der Waals surface area contributed by atoms with Crippen molar-refractivity contribution in [1.29, 1.82) is 0 Å². The summed E-state index contributed by atoms with van der Waals surface area (Å²) >= 11 is 0. The quantitative estimate of drug-likeness (QED) is 0.916. The first kappa shape index (κ1) is 17.2. The van der Waals surface area contributed by atoms with Crippen molar-refractivity contribution in [3.63, 3.8) is 0 Å². The Morgan fingerprint density at radius 2 is 1.91 bits per heavy atom. The van der Waals surface area contributed by atoms with Gasteiger partial charge in [0.25, 0.3) is 5.91 Å². The van der Waals surface area contributed by atoms with Gasteiger partial charge in [-0.1, -0.05) is 29.8 Å². The Morgan fingerprint density at radius 3 is 2.52 bits per heavy atom. The zero-order valence-electron chi connectivity index (χ0n) is 14.1. The molecule has 2 aromatic rings. The van der Waals surface area contributed by atoms with Gasteiger partial charge in [-0.3, -0.25) is 4.79 Å². The minimum absolute atomic E-state index is 0.0830. The van der Waals surface area contributed by atoms with E-state index in [0.717, 1.165) is 16.7 Å². The minimum Gasteiger partial charge on any atom is -0.350 e. The zero-order valence-corrected chi connectivity index (χ0v) is 14.1. The molecule has 0 heterocycles. The number of carbonyl (C=O) groups excluding carboxylic acids is 1. The van der Waals surface area contributed by atoms with Crippen molar-refractivity contribution < 1.29 is 9.18 Å². The van der Waals surface area contributed by atoms with E-state index in [9.17, 15) is 9.18 Å². The second-order valence-electron chi connectivity index (χ2n) is 6.06. The molecule has 4 heteroatoms. The Morgan fingerprint density at radius 1 is 1.17 bits per heavy atom. The number of benzene rings is 2. The van der Waals surface area contributed by atoms with Crippen LogP contribution in [-0.4, -0.2) is 31.4 Å². The lowest BCUT2D eigenvalue weighted by Gasteiger charge is -2.25. The predicted molar refractivity (Wildman–Crippen MR) is 91.1 cm³/mol. The smallest absolute Gasteiger partial charge is 0.251 e. The van der Waals surface area contributed by atoms with E-state index in [1.54, 1.807) is 6.07 Å². The number of halogens is 1. The summed E-state index contributed by atoms with van der Waals surface area (Å²) < 4.78 is 13.4. The summed E-state index contributed by atoms with van der Waals surface area (Å²) in [4.78, 5) is 14.4. The molecule has 0 aliphatic rings. The van der Waals surface area contributed by atoms with E-state index < -0.39 is 0 Å². The molecule has 1 N–H and O–H groups in total. The van der Waals surface area contributed by atoms with Crippen molar-refractivity contribution in [3.8, 4) is 0 Å². The molecule has 0 bridgehead atoms. The Labute approximate surface area is 137 Å². The Kier molecular flexibility index (Phi) is 5.50. The van der Waals surface area contributed by atoms with Crippen LogP contribution in [0.5, 0.6) is 0 Å². The fourth-order valence-corrected chi connectivity index (χ4v) is 2.67. The fourth-order valence-electron chi connectivity index (χ4n) is 2.67. The highest BCUT2D eigenvalue weighted by atomic mass is 19.1. The maximum Gasteiger partial charge on any atom is 0.251 e. The van der Waals surface area contributed by atoms with E-state index in [1.165, 1.54) is 12.1 Å². The first-order chi connectivity index (χ1) is 10.9. The molecule has 0 spiro atoms. The molecular formula is C19H23FN2O. The molecule has 0 saturated heterocycles. The number of hydrogen-bond donors (Lipinski definition) is 1. The van der Waals surface area contributed by atoms with Gasteiger partial charge in [0.05, 0.1) is 6.04 Å². The summed E-state index contributed by atoms with van der Waals surface area (Å²) in [6.07, 6.45) is 0. The van der Waals surface area contributed by atoms with Gasteiger partial charge in [0.15, 0.2) is 0 Å². The maximum atomic E-state index is 13.4. The molecular weight excluding hydrogens is 291 g/mol. The van der Waals surface area contributed by atoms with Gasteiger partial charge in [0.1, 0.15) is 5.82 Å². The first-order valence-corrected chi connectivity index (χ1v) is 7.66. The lowest BCUT2D eigenvalue weighted by molar-refractivity contribution is 0.0941. The number of carbonyl (C=O) groups is 1. The van der Waals surface area contributed by atoms with Crippen LogP contribution in [0.2, 0.25) is 0 Å². The second kappa shape index (κ2) is 7.38. The van der Waals surface area contributed by atoms with Crippen molar-refractivity contribution in [3.05, 3.63) is 70.5 Å². The third-order valence-corrected chi connectivity index (χ3v) is 3.94. The number of aryl methyl sites for hydroxylation is 2. The lowest BCUT2D eigenvalue weighted by Crippen LogP contribution is -2.34. The molecule has 0 aromatic heterocycles. The van der Waals surface area contributed by atoms with Gasteiger partial charge in [0.2, 0.25) is 0 Å². The van der Waals surface area contributed by atoms with Gasteiger partial charge in [-0.2, -0.15) is 0 Å². The molecule has 1 atom stereocenters. The zero-order chi connectivity index (χ0) is 17.0. The molecule has 23 heavy (non-hydrogen) atoms. The topological polar surface area (TPSA) is 32.3 Å². The number of likely N-dealkylation sites (N-methyl/N-ethyl adjacent to an activating group) is 1. The SMILES string of the molecule is Cc1ccc(C(=O)NCC(c2cccc(F)c2)N(C)C)c(C)c1. The molecule has 1 amide bonds. The molecule has 0 fully saturated rings. The van der Waals surface area contributed by atoms with Gasteiger partial charge < -0.3 is 10.2 Å². The van der Waals surface area contributed by atoms with Crippen LogP contribution >= 0.6 is 0 Å². The van der Waals surface area contributed by atoms with Crippen LogP contribution in [0, 0.1) is 19.7 Å². The van der Waals surface area contributed by atoms with Crippen LogP contribution in [0.1, 0.15) is 33.1 Å². The third kappa shape index (κ3) is 4.39. The largest absolute Gasteiger partial charge is 0.350 e. The van der Waals surface area contributed by atoms with Crippen LogP contribution in [-0.2, 0) is 0 Å². The highest BCUT2D eigenvalue weighted by Gasteiger charge is 2.17. The monoisotopic (exact) mass is 314 g/mol. The summed E-state index contributed by atoms with van der Waals surface area (Å²) in [5.74, 6) is -0.374. The third-order valence-electron chi connectivity index (χ3n) is 3.94. The molecule has 0 radical (unpaired) electrons. The summed E-state index contributed by atoms with van der Waals surface area (Å²) in [5, 5.41) is 2.96. The van der Waals surface area contributed by atoms with Gasteiger partial charge in [-0.05, 0) is 57.3 Å². The van der Waals surface area contributed by atoms with E-state index in [2.05, 4.69) is 5.32 Å². The standard InChI is InChI=1S/C19H23FN2O/c1-13-8-9-17(14(2)10-13)19(23)21-12-18(22(3)4)15-6-5-7-16(20)11-15/h5-11,18H,12H2,1-4H3,(H,21,23). The van der Waals surface area contributed by atoms with Crippen LogP contribution in [0.15, 0.2) is 42.5 Å². The van der Waals surface area contributed by atoms with Crippen molar-refractivity contribution in [2.75, 3.05) is 20.6 Å². The summed E-state index contributed by atoms with van der Waals surface area (Å²) in [6.45, 7) is 4.35. The number of hydrogen-bond acceptors (Lipinski definition) is 2. The van der Waals surface area contributed by atoms with Gasteiger partial charge in [-0.25, -0.2) is 4.39 Å². The Hall–Kier alpha value is -2.20. The summed E-state index contributed by atoms with van der Waals surface area (Å²) in [6, 6.07) is 12.2. The maximum absolute atomic E-state index is 13.4. The Bertz CT molecular complexity index is 698. The summed E-state index contributed by atoms with van der Waals surface area (Å²) in [7, 11) is 3.83. The van der Waals surface area contributed by atoms with E-state index in [4.69, 9.17) is 0 Å². The number of nitrogens with zero attached hydrogens (tertiary/aromatic N) is 1. The first-order valence-electron chi connectivity index (χ1n) is 7.66. The summed E-state index contributed by atoms with van der Waals surface area (Å²) in [5.41, 5.74) is 3.60. The minimum atomic E-state index is -0.268. The van der Waals surface area contributed by atoms with Crippen molar-refractivity contribution >= 4 is 5.91 Å². The molecule has 2 rings (SSSR count). The van der Waals surface area contributed by atoms with Crippen molar-refractivity contribution in [1.82, 2.24) is 10.2 Å². The van der Waals surface area contributed by atoms with E-state index >= 15 is 0 Å². The molecule has 0 aliphatic carbocycles. The molecule has 3 nitrogen and oxygen atoms in total. The molecule has 122 valence electrons. The molecule has 2 aromatic carbocycles.